The molecule has 0 unspecified atom stereocenters. The van der Waals surface area contributed by atoms with Crippen molar-refractivity contribution in [1.29, 1.82) is 0 Å². The van der Waals surface area contributed by atoms with Gasteiger partial charge in [0.25, 0.3) is 0 Å². The average molecular weight is 283 g/mol. The van der Waals surface area contributed by atoms with Crippen LogP contribution in [0.1, 0.15) is 10.4 Å². The first kappa shape index (κ1) is 11.0. The first-order chi connectivity index (χ1) is 7.61. The van der Waals surface area contributed by atoms with E-state index in [9.17, 15) is 9.18 Å². The molecule has 0 atom stereocenters. The van der Waals surface area contributed by atoms with Crippen molar-refractivity contribution in [1.82, 2.24) is 9.78 Å². The Kier molecular flexibility index (Phi) is 2.87. The Balaban J connectivity index is 2.57. The van der Waals surface area contributed by atoms with Crippen molar-refractivity contribution < 1.29 is 9.18 Å². The Bertz CT molecular complexity index is 551. The van der Waals surface area contributed by atoms with Gasteiger partial charge in [-0.3, -0.25) is 9.48 Å². The summed E-state index contributed by atoms with van der Waals surface area (Å²) in [5, 5.41) is 4.13. The normalized spacial score (nSPS) is 10.4. The zero-order valence-corrected chi connectivity index (χ0v) is 10.0. The SMILES string of the molecule is Cn1cc(C=O)c(-c2ccc(Br)c(F)c2)n1. The molecule has 1 heterocycles. The molecule has 2 rings (SSSR count). The maximum Gasteiger partial charge on any atom is 0.153 e. The molecule has 0 aliphatic carbocycles. The first-order valence-electron chi connectivity index (χ1n) is 4.56. The molecule has 0 N–H and O–H groups in total. The molecule has 5 heteroatoms. The summed E-state index contributed by atoms with van der Waals surface area (Å²) in [5.41, 5.74) is 1.52. The Labute approximate surface area is 100 Å². The number of benzene rings is 1. The van der Waals surface area contributed by atoms with Gasteiger partial charge in [0.15, 0.2) is 6.29 Å². The minimum Gasteiger partial charge on any atom is -0.298 e. The second-order valence-electron chi connectivity index (χ2n) is 3.35. The van der Waals surface area contributed by atoms with Crippen molar-refractivity contribution in [2.24, 2.45) is 7.05 Å². The maximum absolute atomic E-state index is 13.3. The monoisotopic (exact) mass is 282 g/mol. The second kappa shape index (κ2) is 4.17. The summed E-state index contributed by atoms with van der Waals surface area (Å²) in [6.07, 6.45) is 2.31. The van der Waals surface area contributed by atoms with Crippen LogP contribution in [0.3, 0.4) is 0 Å². The lowest BCUT2D eigenvalue weighted by molar-refractivity contribution is 0.112. The lowest BCUT2D eigenvalue weighted by atomic mass is 10.1. The van der Waals surface area contributed by atoms with E-state index in [2.05, 4.69) is 21.0 Å². The van der Waals surface area contributed by atoms with Crippen molar-refractivity contribution in [3.05, 3.63) is 40.2 Å². The van der Waals surface area contributed by atoms with E-state index in [-0.39, 0.29) is 5.82 Å². The predicted molar refractivity (Wildman–Crippen MR) is 61.7 cm³/mol. The fourth-order valence-electron chi connectivity index (χ4n) is 1.46. The molecule has 3 nitrogen and oxygen atoms in total. The largest absolute Gasteiger partial charge is 0.298 e. The summed E-state index contributed by atoms with van der Waals surface area (Å²) in [6, 6.07) is 4.65. The van der Waals surface area contributed by atoms with Gasteiger partial charge in [-0.2, -0.15) is 5.10 Å². The molecule has 0 radical (unpaired) electrons. The van der Waals surface area contributed by atoms with Crippen LogP contribution in [0.15, 0.2) is 28.9 Å². The lowest BCUT2D eigenvalue weighted by Gasteiger charge is -1.99. The number of hydrogen-bond donors (Lipinski definition) is 0. The number of rotatable bonds is 2. The standard InChI is InChI=1S/C11H8BrFN2O/c1-15-5-8(6-16)11(14-15)7-2-3-9(12)10(13)4-7/h2-6H,1H3. The molecule has 1 aromatic heterocycles. The number of carbonyl (C=O) groups excluding carboxylic acids is 1. The quantitative estimate of drug-likeness (QED) is 0.794. The molecule has 0 aliphatic heterocycles. The smallest absolute Gasteiger partial charge is 0.153 e. The predicted octanol–water partition coefficient (Wildman–Crippen LogP) is 2.80. The highest BCUT2D eigenvalue weighted by atomic mass is 79.9. The molecule has 0 saturated heterocycles. The first-order valence-corrected chi connectivity index (χ1v) is 5.35. The van der Waals surface area contributed by atoms with Crippen LogP contribution in [0.2, 0.25) is 0 Å². The Morgan fingerprint density at radius 1 is 1.50 bits per heavy atom. The van der Waals surface area contributed by atoms with Crippen molar-refractivity contribution >= 4 is 22.2 Å². The van der Waals surface area contributed by atoms with Crippen LogP contribution in [-0.4, -0.2) is 16.1 Å². The second-order valence-corrected chi connectivity index (χ2v) is 4.21. The van der Waals surface area contributed by atoms with Gasteiger partial charge in [0, 0.05) is 18.8 Å². The topological polar surface area (TPSA) is 34.9 Å². The zero-order valence-electron chi connectivity index (χ0n) is 8.45. The lowest BCUT2D eigenvalue weighted by Crippen LogP contribution is -1.89. The van der Waals surface area contributed by atoms with Crippen molar-refractivity contribution in [2.75, 3.05) is 0 Å². The summed E-state index contributed by atoms with van der Waals surface area (Å²) < 4.78 is 15.3. The molecule has 16 heavy (non-hydrogen) atoms. The Morgan fingerprint density at radius 2 is 2.25 bits per heavy atom. The third kappa shape index (κ3) is 1.90. The number of aryl methyl sites for hydroxylation is 1. The van der Waals surface area contributed by atoms with Crippen LogP contribution in [0.5, 0.6) is 0 Å². The van der Waals surface area contributed by atoms with Crippen LogP contribution in [0, 0.1) is 5.82 Å². The van der Waals surface area contributed by atoms with Crippen LogP contribution in [-0.2, 0) is 7.05 Å². The highest BCUT2D eigenvalue weighted by Crippen LogP contribution is 2.25. The Hall–Kier alpha value is -1.49. The van der Waals surface area contributed by atoms with Gasteiger partial charge in [-0.1, -0.05) is 6.07 Å². The molecule has 0 fully saturated rings. The third-order valence-electron chi connectivity index (χ3n) is 2.18. The molecule has 0 bridgehead atoms. The summed E-state index contributed by atoms with van der Waals surface area (Å²) in [6.45, 7) is 0. The van der Waals surface area contributed by atoms with E-state index in [1.54, 1.807) is 25.4 Å². The number of aromatic nitrogens is 2. The molecule has 0 amide bonds. The zero-order chi connectivity index (χ0) is 11.7. The number of carbonyl (C=O) groups is 1. The fourth-order valence-corrected chi connectivity index (χ4v) is 1.71. The summed E-state index contributed by atoms with van der Waals surface area (Å²) in [4.78, 5) is 10.8. The summed E-state index contributed by atoms with van der Waals surface area (Å²) in [7, 11) is 1.71. The average Bonchev–Trinajstić information content (AvgIpc) is 2.63. The molecule has 0 saturated carbocycles. The Morgan fingerprint density at radius 3 is 2.88 bits per heavy atom. The van der Waals surface area contributed by atoms with E-state index < -0.39 is 0 Å². The van der Waals surface area contributed by atoms with E-state index in [0.29, 0.717) is 27.6 Å². The van der Waals surface area contributed by atoms with Crippen LogP contribution in [0.4, 0.5) is 4.39 Å². The van der Waals surface area contributed by atoms with Gasteiger partial charge in [0.2, 0.25) is 0 Å². The highest BCUT2D eigenvalue weighted by molar-refractivity contribution is 9.10. The number of nitrogens with zero attached hydrogens (tertiary/aromatic N) is 2. The van der Waals surface area contributed by atoms with Crippen LogP contribution < -0.4 is 0 Å². The molecular weight excluding hydrogens is 275 g/mol. The van der Waals surface area contributed by atoms with Crippen molar-refractivity contribution in [3.63, 3.8) is 0 Å². The highest BCUT2D eigenvalue weighted by Gasteiger charge is 2.11. The molecule has 82 valence electrons. The molecule has 0 aliphatic rings. The molecule has 1 aromatic carbocycles. The van der Waals surface area contributed by atoms with Crippen LogP contribution in [0.25, 0.3) is 11.3 Å². The summed E-state index contributed by atoms with van der Waals surface area (Å²) in [5.74, 6) is -0.375. The number of hydrogen-bond acceptors (Lipinski definition) is 2. The van der Waals surface area contributed by atoms with Gasteiger partial charge < -0.3 is 0 Å². The van der Waals surface area contributed by atoms with Gasteiger partial charge in [0.1, 0.15) is 11.5 Å². The number of halogens is 2. The molecule has 2 aromatic rings. The van der Waals surface area contributed by atoms with Crippen LogP contribution >= 0.6 is 15.9 Å². The van der Waals surface area contributed by atoms with Crippen molar-refractivity contribution in [2.45, 2.75) is 0 Å². The minimum absolute atomic E-state index is 0.375. The van der Waals surface area contributed by atoms with E-state index in [1.165, 1.54) is 10.7 Å². The van der Waals surface area contributed by atoms with E-state index >= 15 is 0 Å². The fraction of sp³-hybridized carbons (Fsp3) is 0.0909. The van der Waals surface area contributed by atoms with E-state index in [0.717, 1.165) is 0 Å². The molecule has 0 spiro atoms. The van der Waals surface area contributed by atoms with Gasteiger partial charge in [0.05, 0.1) is 10.0 Å². The summed E-state index contributed by atoms with van der Waals surface area (Å²) >= 11 is 3.07. The minimum atomic E-state index is -0.375. The van der Waals surface area contributed by atoms with Gasteiger partial charge >= 0.3 is 0 Å². The van der Waals surface area contributed by atoms with Gasteiger partial charge in [-0.25, -0.2) is 4.39 Å². The third-order valence-corrected chi connectivity index (χ3v) is 2.82. The van der Waals surface area contributed by atoms with Crippen molar-refractivity contribution in [3.8, 4) is 11.3 Å². The number of aldehydes is 1. The molecular formula is C11H8BrFN2O. The van der Waals surface area contributed by atoms with E-state index in [1.807, 2.05) is 0 Å². The maximum atomic E-state index is 13.3. The van der Waals surface area contributed by atoms with E-state index in [4.69, 9.17) is 0 Å². The van der Waals surface area contributed by atoms with Gasteiger partial charge in [-0.05, 0) is 28.1 Å². The van der Waals surface area contributed by atoms with Gasteiger partial charge in [-0.15, -0.1) is 0 Å².